The summed E-state index contributed by atoms with van der Waals surface area (Å²) in [6.07, 6.45) is 4.31. The molecule has 2 aliphatic heterocycles. The molecule has 0 bridgehead atoms. The largest absolute Gasteiger partial charge is 0.492 e. The number of aryl methyl sites for hydroxylation is 2. The Morgan fingerprint density at radius 1 is 0.524 bits per heavy atom. The lowest BCUT2D eigenvalue weighted by Gasteiger charge is -2.28. The Morgan fingerprint density at radius 2 is 0.881 bits per heavy atom. The SMILES string of the molecule is CCCc1ccc(C2=Nc3c(OC)c(OC)c4c5c(c(OC)c(OC)c(c35)S2)N=C(c2ccc(CCC)cc2)S4)cc1. The quantitative estimate of drug-likeness (QED) is 0.181. The summed E-state index contributed by atoms with van der Waals surface area (Å²) in [6, 6.07) is 17.2. The van der Waals surface area contributed by atoms with Crippen LogP contribution in [0.2, 0.25) is 0 Å². The number of rotatable bonds is 10. The summed E-state index contributed by atoms with van der Waals surface area (Å²) < 4.78 is 24.2. The van der Waals surface area contributed by atoms with Gasteiger partial charge in [-0.1, -0.05) is 98.7 Å². The van der Waals surface area contributed by atoms with Crippen LogP contribution in [-0.2, 0) is 12.8 Å². The highest BCUT2D eigenvalue weighted by Crippen LogP contribution is 2.64. The maximum absolute atomic E-state index is 6.06. The Morgan fingerprint density at radius 3 is 1.19 bits per heavy atom. The fraction of sp³-hybridized carbons (Fsp3) is 0.294. The average molecular weight is 599 g/mol. The number of hydrogen-bond acceptors (Lipinski definition) is 8. The van der Waals surface area contributed by atoms with Crippen LogP contribution in [0.5, 0.6) is 23.0 Å². The highest BCUT2D eigenvalue weighted by Gasteiger charge is 2.36. The Bertz CT molecular complexity index is 1600. The van der Waals surface area contributed by atoms with Gasteiger partial charge in [0.1, 0.15) is 21.5 Å². The van der Waals surface area contributed by atoms with Gasteiger partial charge in [0.25, 0.3) is 0 Å². The van der Waals surface area contributed by atoms with E-state index in [-0.39, 0.29) is 0 Å². The van der Waals surface area contributed by atoms with Crippen LogP contribution in [0.1, 0.15) is 48.9 Å². The Kier molecular flexibility index (Phi) is 8.10. The summed E-state index contributed by atoms with van der Waals surface area (Å²) in [6.45, 7) is 4.38. The summed E-state index contributed by atoms with van der Waals surface area (Å²) in [7, 11) is 6.68. The third kappa shape index (κ3) is 4.71. The molecule has 216 valence electrons. The second kappa shape index (κ2) is 11.9. The summed E-state index contributed by atoms with van der Waals surface area (Å²) in [5.41, 5.74) is 6.10. The number of thioether (sulfide) groups is 2. The lowest BCUT2D eigenvalue weighted by Crippen LogP contribution is -2.08. The van der Waals surface area contributed by atoms with E-state index in [1.807, 2.05) is 0 Å². The number of aliphatic imine (C=N–C) groups is 2. The van der Waals surface area contributed by atoms with Gasteiger partial charge < -0.3 is 18.9 Å². The van der Waals surface area contributed by atoms with Crippen molar-refractivity contribution in [2.45, 2.75) is 49.3 Å². The monoisotopic (exact) mass is 598 g/mol. The number of benzene rings is 4. The van der Waals surface area contributed by atoms with Crippen LogP contribution in [0.3, 0.4) is 0 Å². The first-order valence-corrected chi connectivity index (χ1v) is 15.8. The zero-order chi connectivity index (χ0) is 29.4. The van der Waals surface area contributed by atoms with Crippen molar-refractivity contribution in [3.63, 3.8) is 0 Å². The molecule has 0 fully saturated rings. The lowest BCUT2D eigenvalue weighted by atomic mass is 10.0. The van der Waals surface area contributed by atoms with E-state index in [1.54, 1.807) is 52.0 Å². The van der Waals surface area contributed by atoms with E-state index in [0.717, 1.165) is 67.5 Å². The topological polar surface area (TPSA) is 61.6 Å². The second-order valence-corrected chi connectivity index (χ2v) is 12.2. The Labute approximate surface area is 255 Å². The van der Waals surface area contributed by atoms with Crippen molar-refractivity contribution >= 4 is 55.8 Å². The first kappa shape index (κ1) is 28.5. The van der Waals surface area contributed by atoms with Gasteiger partial charge in [-0.05, 0) is 24.0 Å². The maximum atomic E-state index is 6.06. The van der Waals surface area contributed by atoms with E-state index in [2.05, 4.69) is 62.4 Å². The molecule has 0 amide bonds. The van der Waals surface area contributed by atoms with Gasteiger partial charge in [-0.2, -0.15) is 0 Å². The van der Waals surface area contributed by atoms with Gasteiger partial charge >= 0.3 is 0 Å². The summed E-state index contributed by atoms with van der Waals surface area (Å²) in [4.78, 5) is 12.2. The first-order chi connectivity index (χ1) is 20.6. The van der Waals surface area contributed by atoms with E-state index in [4.69, 9.17) is 28.9 Å². The fourth-order valence-electron chi connectivity index (χ4n) is 5.61. The molecular weight excluding hydrogens is 565 g/mol. The Hall–Kier alpha value is -3.62. The Balaban J connectivity index is 1.62. The molecule has 4 aromatic carbocycles. The second-order valence-electron chi connectivity index (χ2n) is 10.2. The highest BCUT2D eigenvalue weighted by molar-refractivity contribution is 8.15. The molecule has 0 saturated carbocycles. The van der Waals surface area contributed by atoms with Crippen LogP contribution in [0.4, 0.5) is 11.4 Å². The van der Waals surface area contributed by atoms with Gasteiger partial charge in [0.2, 0.25) is 0 Å². The van der Waals surface area contributed by atoms with Crippen molar-refractivity contribution in [2.75, 3.05) is 28.4 Å². The summed E-state index contributed by atoms with van der Waals surface area (Å²) >= 11 is 3.16. The highest BCUT2D eigenvalue weighted by atomic mass is 32.2. The van der Waals surface area contributed by atoms with Crippen molar-refractivity contribution in [1.29, 1.82) is 0 Å². The molecule has 0 N–H and O–H groups in total. The van der Waals surface area contributed by atoms with Crippen molar-refractivity contribution < 1.29 is 18.9 Å². The molecule has 0 unspecified atom stereocenters. The molecule has 0 aliphatic carbocycles. The molecule has 6 rings (SSSR count). The van der Waals surface area contributed by atoms with Crippen LogP contribution in [0.15, 0.2) is 68.3 Å². The minimum absolute atomic E-state index is 0.590. The van der Waals surface area contributed by atoms with Gasteiger partial charge in [0, 0.05) is 21.9 Å². The normalized spacial score (nSPS) is 13.5. The molecule has 2 aliphatic rings. The van der Waals surface area contributed by atoms with Crippen LogP contribution in [-0.4, -0.2) is 38.5 Å². The molecule has 2 heterocycles. The number of ether oxygens (including phenoxy) is 4. The average Bonchev–Trinajstić information content (AvgIpc) is 3.03. The van der Waals surface area contributed by atoms with E-state index in [9.17, 15) is 0 Å². The molecule has 8 heteroatoms. The number of methoxy groups -OCH3 is 4. The first-order valence-electron chi connectivity index (χ1n) is 14.2. The van der Waals surface area contributed by atoms with Crippen molar-refractivity contribution in [1.82, 2.24) is 0 Å². The zero-order valence-corrected chi connectivity index (χ0v) is 26.4. The van der Waals surface area contributed by atoms with E-state index in [1.165, 1.54) is 11.1 Å². The minimum atomic E-state index is 0.590. The van der Waals surface area contributed by atoms with Crippen LogP contribution in [0.25, 0.3) is 10.8 Å². The van der Waals surface area contributed by atoms with Crippen molar-refractivity contribution in [3.8, 4) is 23.0 Å². The van der Waals surface area contributed by atoms with Gasteiger partial charge in [-0.25, -0.2) is 9.98 Å². The molecule has 6 nitrogen and oxygen atoms in total. The fourth-order valence-corrected chi connectivity index (χ4v) is 7.91. The summed E-state index contributed by atoms with van der Waals surface area (Å²) in [5.74, 6) is 2.44. The number of nitrogens with zero attached hydrogens (tertiary/aromatic N) is 2. The van der Waals surface area contributed by atoms with Gasteiger partial charge in [0.15, 0.2) is 23.0 Å². The predicted molar refractivity (Wildman–Crippen MR) is 175 cm³/mol. The minimum Gasteiger partial charge on any atom is -0.492 e. The molecule has 4 aromatic rings. The molecule has 0 aromatic heterocycles. The third-order valence-corrected chi connectivity index (χ3v) is 9.78. The smallest absolute Gasteiger partial charge is 0.188 e. The molecular formula is C34H34N2O4S2. The maximum Gasteiger partial charge on any atom is 0.188 e. The molecule has 42 heavy (non-hydrogen) atoms. The van der Waals surface area contributed by atoms with Crippen LogP contribution < -0.4 is 18.9 Å². The molecule has 0 saturated heterocycles. The molecule has 0 spiro atoms. The van der Waals surface area contributed by atoms with Gasteiger partial charge in [0.05, 0.1) is 38.2 Å². The third-order valence-electron chi connectivity index (χ3n) is 7.55. The van der Waals surface area contributed by atoms with Crippen molar-refractivity contribution in [2.24, 2.45) is 9.98 Å². The lowest BCUT2D eigenvalue weighted by molar-refractivity contribution is 0.347. The standard InChI is InChI=1S/C34H34N2O4S2/c1-7-9-19-11-15-21(16-12-19)33-35-25-23-24-26(28(38-4)29(39-5)31(23)41-33)36-34(22-17-13-20(10-8-2)14-18-22)42-32(24)30(40-6)27(25)37-3/h11-18H,7-10H2,1-6H3. The van der Waals surface area contributed by atoms with E-state index < -0.39 is 0 Å². The summed E-state index contributed by atoms with van der Waals surface area (Å²) in [5, 5.41) is 3.57. The molecule has 0 radical (unpaired) electrons. The van der Waals surface area contributed by atoms with E-state index in [0.29, 0.717) is 34.4 Å². The van der Waals surface area contributed by atoms with Gasteiger partial charge in [-0.3, -0.25) is 0 Å². The molecule has 0 atom stereocenters. The zero-order valence-electron chi connectivity index (χ0n) is 24.8. The number of hydrogen-bond donors (Lipinski definition) is 0. The van der Waals surface area contributed by atoms with Crippen LogP contribution in [0, 0.1) is 0 Å². The van der Waals surface area contributed by atoms with Crippen LogP contribution >= 0.6 is 23.5 Å². The predicted octanol–water partition coefficient (Wildman–Crippen LogP) is 9.15. The van der Waals surface area contributed by atoms with Crippen molar-refractivity contribution in [3.05, 3.63) is 70.8 Å². The van der Waals surface area contributed by atoms with Gasteiger partial charge in [-0.15, -0.1) is 0 Å². The van der Waals surface area contributed by atoms with E-state index >= 15 is 0 Å².